The lowest BCUT2D eigenvalue weighted by atomic mass is 10.1. The fraction of sp³-hybridized carbons (Fsp3) is 0.417. The van der Waals surface area contributed by atoms with E-state index in [-0.39, 0.29) is 39.0 Å². The number of rotatable bonds is 26. The van der Waals surface area contributed by atoms with Gasteiger partial charge in [0.2, 0.25) is 20.0 Å². The molecule has 0 aromatic heterocycles. The number of benzene rings is 4. The third-order valence-corrected chi connectivity index (χ3v) is 14.7. The van der Waals surface area contributed by atoms with Gasteiger partial charge in [-0.2, -0.15) is 8.61 Å². The minimum Gasteiger partial charge on any atom is -0.497 e. The van der Waals surface area contributed by atoms with Gasteiger partial charge in [0.15, 0.2) is 0 Å². The van der Waals surface area contributed by atoms with E-state index in [1.807, 2.05) is 97.1 Å². The van der Waals surface area contributed by atoms with Gasteiger partial charge >= 0.3 is 0 Å². The van der Waals surface area contributed by atoms with Crippen molar-refractivity contribution in [2.45, 2.75) is 101 Å². The van der Waals surface area contributed by atoms with Gasteiger partial charge in [-0.1, -0.05) is 60.7 Å². The molecule has 0 bridgehead atoms. The number of aliphatic hydroxyl groups excluding tert-OH is 2. The molecule has 4 atom stereocenters. The molecule has 0 aliphatic rings. The van der Waals surface area contributed by atoms with Crippen molar-refractivity contribution in [1.82, 2.24) is 8.61 Å². The van der Waals surface area contributed by atoms with Crippen LogP contribution in [0.15, 0.2) is 122 Å². The van der Waals surface area contributed by atoms with E-state index in [1.54, 1.807) is 54.4 Å². The summed E-state index contributed by atoms with van der Waals surface area (Å²) in [6, 6.07) is 29.5. The highest BCUT2D eigenvalue weighted by molar-refractivity contribution is 7.90. The van der Waals surface area contributed by atoms with E-state index in [2.05, 4.69) is 13.2 Å². The second kappa shape index (κ2) is 26.0. The maximum Gasteiger partial charge on any atom is 0.217 e. The van der Waals surface area contributed by atoms with Crippen LogP contribution >= 0.6 is 0 Å². The van der Waals surface area contributed by atoms with E-state index in [0.717, 1.165) is 22.3 Å². The zero-order chi connectivity index (χ0) is 45.7. The van der Waals surface area contributed by atoms with Crippen molar-refractivity contribution in [2.75, 3.05) is 28.4 Å². The van der Waals surface area contributed by atoms with Gasteiger partial charge in [-0.3, -0.25) is 0 Å². The fourth-order valence-electron chi connectivity index (χ4n) is 6.78. The van der Waals surface area contributed by atoms with Gasteiger partial charge in [0, 0.05) is 26.2 Å². The molecule has 0 amide bonds. The Hall–Kier alpha value is -4.70. The summed E-state index contributed by atoms with van der Waals surface area (Å²) in [5, 5.41) is 18.5. The molecule has 0 aliphatic carbocycles. The Kier molecular flexibility index (Phi) is 21.7. The fourth-order valence-corrected chi connectivity index (χ4v) is 10.8. The summed E-state index contributed by atoms with van der Waals surface area (Å²) in [7, 11) is -1.02. The van der Waals surface area contributed by atoms with E-state index in [0.29, 0.717) is 48.7 Å². The zero-order valence-electron chi connectivity index (χ0n) is 37.1. The van der Waals surface area contributed by atoms with Crippen molar-refractivity contribution in [2.24, 2.45) is 0 Å². The Balaban J connectivity index is 0.000000330. The number of aliphatic hydroxyl groups is 2. The molecule has 0 saturated carbocycles. The van der Waals surface area contributed by atoms with Crippen LogP contribution in [0.5, 0.6) is 23.0 Å². The molecular formula is C48H66N2O10S2. The monoisotopic (exact) mass is 894 g/mol. The highest BCUT2D eigenvalue weighted by Gasteiger charge is 2.34. The summed E-state index contributed by atoms with van der Waals surface area (Å²) < 4.78 is 78.4. The SMILES string of the molecule is C=CCC[C@@H](C[C@H](C)O)S(=O)(=O)N(Cc1ccc(OC)cc1)Cc1ccc(OC)cc1.C=CCC[C@H](C[C@H](C)O)S(=O)(=O)N(Cc1ccc(OC)cc1)Cc1ccc(OC)cc1. The summed E-state index contributed by atoms with van der Waals surface area (Å²) in [6.07, 6.45) is 4.31. The zero-order valence-corrected chi connectivity index (χ0v) is 38.7. The van der Waals surface area contributed by atoms with E-state index in [1.165, 1.54) is 8.61 Å². The number of sulfonamides is 2. The number of hydrogen-bond acceptors (Lipinski definition) is 10. The van der Waals surface area contributed by atoms with Gasteiger partial charge < -0.3 is 29.2 Å². The van der Waals surface area contributed by atoms with Crippen molar-refractivity contribution in [3.8, 4) is 23.0 Å². The predicted molar refractivity (Wildman–Crippen MR) is 247 cm³/mol. The van der Waals surface area contributed by atoms with Gasteiger partial charge in [0.1, 0.15) is 23.0 Å². The molecule has 2 N–H and O–H groups in total. The van der Waals surface area contributed by atoms with Crippen molar-refractivity contribution in [3.05, 3.63) is 145 Å². The maximum absolute atomic E-state index is 13.7. The number of ether oxygens (including phenoxy) is 4. The molecular weight excluding hydrogens is 829 g/mol. The van der Waals surface area contributed by atoms with Crippen LogP contribution in [-0.4, -0.2) is 86.8 Å². The van der Waals surface area contributed by atoms with E-state index in [4.69, 9.17) is 18.9 Å². The average molecular weight is 895 g/mol. The summed E-state index contributed by atoms with van der Waals surface area (Å²) >= 11 is 0. The number of hydrogen-bond donors (Lipinski definition) is 2. The number of nitrogens with zero attached hydrogens (tertiary/aromatic N) is 2. The average Bonchev–Trinajstić information content (AvgIpc) is 3.27. The summed E-state index contributed by atoms with van der Waals surface area (Å²) in [4.78, 5) is 0. The van der Waals surface area contributed by atoms with Gasteiger partial charge in [0.05, 0.1) is 51.1 Å². The predicted octanol–water partition coefficient (Wildman–Crippen LogP) is 8.28. The van der Waals surface area contributed by atoms with E-state index < -0.39 is 42.8 Å². The third-order valence-electron chi connectivity index (χ3n) is 10.2. The molecule has 12 nitrogen and oxygen atoms in total. The Morgan fingerprint density at radius 3 is 0.887 bits per heavy atom. The maximum atomic E-state index is 13.7. The first kappa shape index (κ1) is 51.6. The van der Waals surface area contributed by atoms with Crippen molar-refractivity contribution in [1.29, 1.82) is 0 Å². The van der Waals surface area contributed by atoms with Crippen LogP contribution in [0.25, 0.3) is 0 Å². The van der Waals surface area contributed by atoms with Gasteiger partial charge in [-0.25, -0.2) is 16.8 Å². The highest BCUT2D eigenvalue weighted by Crippen LogP contribution is 2.27. The molecule has 4 aromatic rings. The minimum absolute atomic E-state index is 0.178. The first-order valence-corrected chi connectivity index (χ1v) is 23.7. The van der Waals surface area contributed by atoms with Crippen molar-refractivity contribution in [3.63, 3.8) is 0 Å². The number of allylic oxidation sites excluding steroid dienone is 2. The highest BCUT2D eigenvalue weighted by atomic mass is 32.2. The van der Waals surface area contributed by atoms with Crippen LogP contribution in [-0.2, 0) is 46.2 Å². The second-order valence-corrected chi connectivity index (χ2v) is 19.6. The molecule has 0 spiro atoms. The Bertz CT molecular complexity index is 1870. The quantitative estimate of drug-likeness (QED) is 0.0590. The molecule has 4 aromatic carbocycles. The van der Waals surface area contributed by atoms with Gasteiger partial charge in [-0.05, 0) is 123 Å². The summed E-state index contributed by atoms with van der Waals surface area (Å²) in [5.74, 6) is 2.86. The van der Waals surface area contributed by atoms with Crippen LogP contribution in [0.3, 0.4) is 0 Å². The van der Waals surface area contributed by atoms with E-state index >= 15 is 0 Å². The first-order chi connectivity index (χ1) is 29.6. The molecule has 4 rings (SSSR count). The van der Waals surface area contributed by atoms with Crippen LogP contribution in [0.4, 0.5) is 0 Å². The minimum atomic E-state index is -3.70. The molecule has 0 unspecified atom stereocenters. The molecule has 0 aliphatic heterocycles. The van der Waals surface area contributed by atoms with Gasteiger partial charge in [-0.15, -0.1) is 13.2 Å². The molecule has 340 valence electrons. The second-order valence-electron chi connectivity index (χ2n) is 15.2. The smallest absolute Gasteiger partial charge is 0.217 e. The third kappa shape index (κ3) is 16.5. The molecule has 0 radical (unpaired) electrons. The summed E-state index contributed by atoms with van der Waals surface area (Å²) in [5.41, 5.74) is 3.43. The lowest BCUT2D eigenvalue weighted by Gasteiger charge is -2.28. The number of methoxy groups -OCH3 is 4. The molecule has 14 heteroatoms. The van der Waals surface area contributed by atoms with Crippen LogP contribution in [0.1, 0.15) is 74.6 Å². The van der Waals surface area contributed by atoms with Crippen molar-refractivity contribution < 1.29 is 46.0 Å². The van der Waals surface area contributed by atoms with Crippen LogP contribution in [0.2, 0.25) is 0 Å². The van der Waals surface area contributed by atoms with Gasteiger partial charge in [0.25, 0.3) is 0 Å². The standard InChI is InChI=1S/2C24H33NO5S/c2*1-5-6-7-24(16-19(2)26)31(27,28)25(17-20-8-12-22(29-3)13-9-20)18-21-10-14-23(30-4)15-11-21/h2*5,8-15,19,24,26H,1,6-7,16-18H2,2-4H3/t19-,24+;19-,24-/m00/s1. The Morgan fingerprint density at radius 1 is 0.484 bits per heavy atom. The molecule has 0 saturated heterocycles. The first-order valence-electron chi connectivity index (χ1n) is 20.7. The molecule has 62 heavy (non-hydrogen) atoms. The van der Waals surface area contributed by atoms with Crippen LogP contribution in [0, 0.1) is 0 Å². The summed E-state index contributed by atoms with van der Waals surface area (Å²) in [6.45, 7) is 11.6. The Labute approximate surface area is 370 Å². The van der Waals surface area contributed by atoms with Crippen LogP contribution < -0.4 is 18.9 Å². The topological polar surface area (TPSA) is 152 Å². The largest absolute Gasteiger partial charge is 0.497 e. The Morgan fingerprint density at radius 2 is 0.710 bits per heavy atom. The lowest BCUT2D eigenvalue weighted by Crippen LogP contribution is -2.39. The lowest BCUT2D eigenvalue weighted by molar-refractivity contribution is 0.180. The van der Waals surface area contributed by atoms with E-state index in [9.17, 15) is 27.0 Å². The molecule has 0 fully saturated rings. The molecule has 0 heterocycles. The normalized spacial score (nSPS) is 13.6. The van der Waals surface area contributed by atoms with Crippen molar-refractivity contribution >= 4 is 20.0 Å².